The summed E-state index contributed by atoms with van der Waals surface area (Å²) in [6.45, 7) is 1.11. The number of rotatable bonds is 3. The highest BCUT2D eigenvalue weighted by Gasteiger charge is 2.19. The molecule has 0 saturated carbocycles. The fourth-order valence-corrected chi connectivity index (χ4v) is 2.47. The number of benzene rings is 1. The van der Waals surface area contributed by atoms with Gasteiger partial charge in [-0.15, -0.1) is 5.26 Å². The molecule has 0 amide bonds. The first-order valence-corrected chi connectivity index (χ1v) is 7.13. The second-order valence-corrected chi connectivity index (χ2v) is 5.28. The van der Waals surface area contributed by atoms with Gasteiger partial charge in [0.05, 0.1) is 6.54 Å². The summed E-state index contributed by atoms with van der Waals surface area (Å²) >= 11 is 5.82. The lowest BCUT2D eigenvalue weighted by Gasteiger charge is -2.08. The van der Waals surface area contributed by atoms with Crippen LogP contribution in [0.15, 0.2) is 24.3 Å². The number of hydrogen-bond donors (Lipinski definition) is 1. The zero-order valence-electron chi connectivity index (χ0n) is 11.6. The summed E-state index contributed by atoms with van der Waals surface area (Å²) in [7, 11) is 0. The van der Waals surface area contributed by atoms with Crippen LogP contribution in [-0.4, -0.2) is 29.3 Å². The van der Waals surface area contributed by atoms with Crippen LogP contribution in [0.3, 0.4) is 0 Å². The van der Waals surface area contributed by atoms with E-state index in [1.165, 1.54) is 0 Å². The van der Waals surface area contributed by atoms with Crippen molar-refractivity contribution >= 4 is 23.2 Å². The summed E-state index contributed by atoms with van der Waals surface area (Å²) in [5.41, 5.74) is 0.648. The van der Waals surface area contributed by atoms with E-state index in [2.05, 4.69) is 5.32 Å². The maximum atomic E-state index is 12.3. The van der Waals surface area contributed by atoms with Crippen LogP contribution in [0.5, 0.6) is 0 Å². The van der Waals surface area contributed by atoms with Gasteiger partial charge in [-0.3, -0.25) is 9.37 Å². The Kier molecular flexibility index (Phi) is 7.41. The third-order valence-corrected chi connectivity index (χ3v) is 3.68. The first-order chi connectivity index (χ1) is 9.70. The molecular weight excluding hydrogens is 354 g/mol. The second kappa shape index (κ2) is 8.81. The molecule has 0 fully saturated rings. The Bertz CT molecular complexity index is 563. The van der Waals surface area contributed by atoms with Crippen molar-refractivity contribution in [1.29, 1.82) is 5.26 Å². The Morgan fingerprint density at radius 2 is 2.00 bits per heavy atom. The summed E-state index contributed by atoms with van der Waals surface area (Å²) in [4.78, 5) is 12.3. The molecule has 1 aliphatic rings. The van der Waals surface area contributed by atoms with Gasteiger partial charge >= 0.3 is 0 Å². The molecule has 0 aliphatic carbocycles. The molecule has 2 rings (SSSR count). The lowest BCUT2D eigenvalue weighted by atomic mass is 10.1. The Balaban J connectivity index is 0.00000220. The van der Waals surface area contributed by atoms with Gasteiger partial charge < -0.3 is 17.0 Å². The molecule has 1 aromatic rings. The summed E-state index contributed by atoms with van der Waals surface area (Å²) in [6.07, 6.45) is 6.00. The van der Waals surface area contributed by atoms with Crippen LogP contribution in [0.1, 0.15) is 36.0 Å². The maximum Gasteiger partial charge on any atom is 0.288 e. The number of ketones is 1. The lowest BCUT2D eigenvalue weighted by molar-refractivity contribution is -0.516. The molecule has 1 heterocycles. The van der Waals surface area contributed by atoms with E-state index in [-0.39, 0.29) is 22.8 Å². The first-order valence-electron chi connectivity index (χ1n) is 6.75. The fourth-order valence-electron chi connectivity index (χ4n) is 2.35. The van der Waals surface area contributed by atoms with E-state index in [0.717, 1.165) is 38.1 Å². The van der Waals surface area contributed by atoms with E-state index < -0.39 is 0 Å². The third kappa shape index (κ3) is 5.14. The van der Waals surface area contributed by atoms with Crippen LogP contribution in [0, 0.1) is 11.5 Å². The Morgan fingerprint density at radius 1 is 1.29 bits per heavy atom. The number of Topliss-reactive ketones (excluding diaryl/α,β-unsaturated/α-hetero) is 1. The monoisotopic (exact) mass is 369 g/mol. The Morgan fingerprint density at radius 3 is 2.67 bits per heavy atom. The van der Waals surface area contributed by atoms with Crippen molar-refractivity contribution < 1.29 is 26.4 Å². The highest BCUT2D eigenvalue weighted by atomic mass is 79.9. The second-order valence-electron chi connectivity index (χ2n) is 4.85. The van der Waals surface area contributed by atoms with Gasteiger partial charge in [0.15, 0.2) is 0 Å². The van der Waals surface area contributed by atoms with Crippen LogP contribution in [0.4, 0.5) is 0 Å². The highest BCUT2D eigenvalue weighted by molar-refractivity contribution is 6.30. The fraction of sp³-hybridized carbons (Fsp3) is 0.400. The van der Waals surface area contributed by atoms with Gasteiger partial charge in [-0.1, -0.05) is 11.6 Å². The number of hydrogen-bond acceptors (Lipinski definition) is 3. The van der Waals surface area contributed by atoms with E-state index in [1.54, 1.807) is 24.3 Å². The zero-order chi connectivity index (χ0) is 14.4. The van der Waals surface area contributed by atoms with Crippen molar-refractivity contribution in [2.75, 3.05) is 13.1 Å². The Labute approximate surface area is 140 Å². The average molecular weight is 371 g/mol. The number of halogens is 2. The van der Waals surface area contributed by atoms with E-state index in [0.29, 0.717) is 17.1 Å². The Hall–Kier alpha value is -1.38. The number of carbonyl (C=O) groups excluding carboxylic acids is 1. The molecule has 1 N–H and O–H groups in total. The molecule has 1 aromatic carbocycles. The predicted octanol–water partition coefficient (Wildman–Crippen LogP) is -0.418. The molecule has 21 heavy (non-hydrogen) atoms. The third-order valence-electron chi connectivity index (χ3n) is 3.42. The van der Waals surface area contributed by atoms with Crippen molar-refractivity contribution in [1.82, 2.24) is 5.32 Å². The smallest absolute Gasteiger partial charge is 0.288 e. The van der Waals surface area contributed by atoms with Crippen molar-refractivity contribution in [3.63, 3.8) is 0 Å². The minimum absolute atomic E-state index is 0. The standard InChI is InChI=1S/C15H16ClN3O.BrH/c16-13-7-5-12(6-8-13)14(20)10-19-9-3-1-2-4-15(19)18-11-17;/h5-8H,1-4,9-10H2;1H. The summed E-state index contributed by atoms with van der Waals surface area (Å²) in [5, 5.41) is 12.1. The minimum Gasteiger partial charge on any atom is -1.00 e. The molecule has 0 spiro atoms. The van der Waals surface area contributed by atoms with Crippen molar-refractivity contribution in [3.05, 3.63) is 34.9 Å². The average Bonchev–Trinajstić information content (AvgIpc) is 2.66. The number of carbonyl (C=O) groups is 1. The van der Waals surface area contributed by atoms with Gasteiger partial charge in [-0.25, -0.2) is 0 Å². The lowest BCUT2D eigenvalue weighted by Crippen LogP contribution is -3.00. The molecule has 0 radical (unpaired) electrons. The van der Waals surface area contributed by atoms with Crippen LogP contribution >= 0.6 is 11.6 Å². The van der Waals surface area contributed by atoms with Gasteiger partial charge in [0.25, 0.3) is 12.0 Å². The van der Waals surface area contributed by atoms with Crippen LogP contribution in [0.25, 0.3) is 0 Å². The predicted molar refractivity (Wildman–Crippen MR) is 78.0 cm³/mol. The van der Waals surface area contributed by atoms with E-state index in [1.807, 2.05) is 10.8 Å². The molecule has 4 nitrogen and oxygen atoms in total. The van der Waals surface area contributed by atoms with E-state index in [4.69, 9.17) is 16.9 Å². The van der Waals surface area contributed by atoms with Gasteiger partial charge in [0.1, 0.15) is 6.54 Å². The normalized spacial score (nSPS) is 14.7. The van der Waals surface area contributed by atoms with Crippen LogP contribution in [-0.2, 0) is 0 Å². The van der Waals surface area contributed by atoms with Crippen LogP contribution in [0.2, 0.25) is 5.02 Å². The van der Waals surface area contributed by atoms with Gasteiger partial charge in [0.2, 0.25) is 5.78 Å². The summed E-state index contributed by atoms with van der Waals surface area (Å²) in [5.74, 6) is 0.896. The zero-order valence-corrected chi connectivity index (χ0v) is 14.0. The molecule has 0 atom stereocenters. The van der Waals surface area contributed by atoms with E-state index >= 15 is 0 Å². The number of nitrogens with one attached hydrogen (secondary N) is 1. The summed E-state index contributed by atoms with van der Waals surface area (Å²) < 4.78 is 1.98. The molecule has 0 bridgehead atoms. The van der Waals surface area contributed by atoms with Gasteiger partial charge in [0, 0.05) is 17.0 Å². The highest BCUT2D eigenvalue weighted by Crippen LogP contribution is 2.11. The molecule has 0 saturated heterocycles. The molecule has 0 unspecified atom stereocenters. The number of nitrogens with zero attached hydrogens (tertiary/aromatic N) is 2. The minimum atomic E-state index is 0. The quantitative estimate of drug-likeness (QED) is 0.340. The molecule has 0 aromatic heterocycles. The molecular formula is C15H17BrClN3O. The largest absolute Gasteiger partial charge is 1.00 e. The summed E-state index contributed by atoms with van der Waals surface area (Å²) in [6, 6.07) is 6.91. The number of nitriles is 1. The topological polar surface area (TPSA) is 55.9 Å². The molecule has 112 valence electrons. The molecule has 6 heteroatoms. The van der Waals surface area contributed by atoms with Crippen molar-refractivity contribution in [2.24, 2.45) is 0 Å². The maximum absolute atomic E-state index is 12.3. The SMILES string of the molecule is N#CNC1=[N+](CC(=O)c2ccc(Cl)cc2)CCCCC1.[Br-]. The molecule has 1 aliphatic heterocycles. The van der Waals surface area contributed by atoms with E-state index in [9.17, 15) is 4.79 Å². The van der Waals surface area contributed by atoms with Crippen molar-refractivity contribution in [3.8, 4) is 6.19 Å². The first kappa shape index (κ1) is 17.7. The van der Waals surface area contributed by atoms with Gasteiger partial charge in [-0.2, -0.15) is 5.32 Å². The van der Waals surface area contributed by atoms with Gasteiger partial charge in [-0.05, 0) is 43.5 Å². The van der Waals surface area contributed by atoms with Crippen molar-refractivity contribution in [2.45, 2.75) is 25.7 Å². The number of amidine groups is 1. The van der Waals surface area contributed by atoms with Crippen LogP contribution < -0.4 is 22.3 Å².